The standard InChI is InChI=1S/C15H15NO2/c1-10-6-7-16-9-13(10)15(17)12-5-4-11(2)14(8-12)18-3/h4-9H,1-3H3. The van der Waals surface area contributed by atoms with Gasteiger partial charge in [-0.25, -0.2) is 0 Å². The lowest BCUT2D eigenvalue weighted by Crippen LogP contribution is -2.05. The predicted molar refractivity (Wildman–Crippen MR) is 70.1 cm³/mol. The summed E-state index contributed by atoms with van der Waals surface area (Å²) in [7, 11) is 1.60. The summed E-state index contributed by atoms with van der Waals surface area (Å²) in [6, 6.07) is 7.30. The van der Waals surface area contributed by atoms with Crippen LogP contribution in [0.2, 0.25) is 0 Å². The van der Waals surface area contributed by atoms with E-state index in [4.69, 9.17) is 4.74 Å². The van der Waals surface area contributed by atoms with Crippen LogP contribution in [-0.2, 0) is 0 Å². The first kappa shape index (κ1) is 12.3. The van der Waals surface area contributed by atoms with E-state index in [2.05, 4.69) is 4.98 Å². The van der Waals surface area contributed by atoms with Crippen molar-refractivity contribution in [2.24, 2.45) is 0 Å². The molecule has 0 aliphatic carbocycles. The maximum Gasteiger partial charge on any atom is 0.194 e. The first-order chi connectivity index (χ1) is 8.63. The predicted octanol–water partition coefficient (Wildman–Crippen LogP) is 2.94. The number of benzene rings is 1. The number of hydrogen-bond acceptors (Lipinski definition) is 3. The molecule has 0 atom stereocenters. The van der Waals surface area contributed by atoms with Crippen LogP contribution in [-0.4, -0.2) is 17.9 Å². The molecule has 0 aliphatic rings. The summed E-state index contributed by atoms with van der Waals surface area (Å²) < 4.78 is 5.23. The van der Waals surface area contributed by atoms with Crippen molar-refractivity contribution in [2.75, 3.05) is 7.11 Å². The van der Waals surface area contributed by atoms with Crippen LogP contribution in [0.15, 0.2) is 36.7 Å². The van der Waals surface area contributed by atoms with Crippen molar-refractivity contribution in [3.8, 4) is 5.75 Å². The number of aromatic nitrogens is 1. The molecule has 0 radical (unpaired) electrons. The second-order valence-electron chi connectivity index (χ2n) is 4.20. The molecule has 2 rings (SSSR count). The lowest BCUT2D eigenvalue weighted by Gasteiger charge is -2.08. The third kappa shape index (κ3) is 2.25. The van der Waals surface area contributed by atoms with Crippen LogP contribution in [0.25, 0.3) is 0 Å². The fourth-order valence-electron chi connectivity index (χ4n) is 1.82. The highest BCUT2D eigenvalue weighted by Crippen LogP contribution is 2.21. The summed E-state index contributed by atoms with van der Waals surface area (Å²) in [4.78, 5) is 16.4. The van der Waals surface area contributed by atoms with E-state index in [-0.39, 0.29) is 5.78 Å². The van der Waals surface area contributed by atoms with Gasteiger partial charge in [0.15, 0.2) is 5.78 Å². The Morgan fingerprint density at radius 3 is 2.61 bits per heavy atom. The molecule has 0 spiro atoms. The second-order valence-corrected chi connectivity index (χ2v) is 4.20. The zero-order valence-corrected chi connectivity index (χ0v) is 10.7. The number of hydrogen-bond donors (Lipinski definition) is 0. The minimum atomic E-state index is -0.0288. The van der Waals surface area contributed by atoms with E-state index in [1.165, 1.54) is 0 Å². The maximum absolute atomic E-state index is 12.4. The Balaban J connectivity index is 2.44. The molecule has 1 aromatic carbocycles. The summed E-state index contributed by atoms with van der Waals surface area (Å²) >= 11 is 0. The van der Waals surface area contributed by atoms with Gasteiger partial charge < -0.3 is 4.74 Å². The number of nitrogens with zero attached hydrogens (tertiary/aromatic N) is 1. The average Bonchev–Trinajstić information content (AvgIpc) is 2.39. The van der Waals surface area contributed by atoms with Crippen molar-refractivity contribution in [3.63, 3.8) is 0 Å². The molecule has 92 valence electrons. The largest absolute Gasteiger partial charge is 0.496 e. The zero-order valence-electron chi connectivity index (χ0n) is 10.7. The fraction of sp³-hybridized carbons (Fsp3) is 0.200. The summed E-state index contributed by atoms with van der Waals surface area (Å²) in [5, 5.41) is 0. The molecule has 0 amide bonds. The van der Waals surface area contributed by atoms with Crippen molar-refractivity contribution in [1.82, 2.24) is 4.98 Å². The Morgan fingerprint density at radius 2 is 1.94 bits per heavy atom. The number of methoxy groups -OCH3 is 1. The molecule has 0 saturated heterocycles. The van der Waals surface area contributed by atoms with Gasteiger partial charge in [-0.3, -0.25) is 9.78 Å². The van der Waals surface area contributed by atoms with Crippen LogP contribution in [0.5, 0.6) is 5.75 Å². The molecule has 0 fully saturated rings. The zero-order chi connectivity index (χ0) is 13.1. The van der Waals surface area contributed by atoms with E-state index in [0.29, 0.717) is 11.1 Å². The van der Waals surface area contributed by atoms with E-state index in [0.717, 1.165) is 16.9 Å². The molecule has 2 aromatic rings. The Morgan fingerprint density at radius 1 is 1.17 bits per heavy atom. The maximum atomic E-state index is 12.4. The third-order valence-corrected chi connectivity index (χ3v) is 2.95. The van der Waals surface area contributed by atoms with Gasteiger partial charge in [-0.05, 0) is 37.1 Å². The molecule has 0 unspecified atom stereocenters. The lowest BCUT2D eigenvalue weighted by atomic mass is 10.00. The monoisotopic (exact) mass is 241 g/mol. The molecular weight excluding hydrogens is 226 g/mol. The fourth-order valence-corrected chi connectivity index (χ4v) is 1.82. The van der Waals surface area contributed by atoms with Crippen molar-refractivity contribution in [2.45, 2.75) is 13.8 Å². The number of ether oxygens (including phenoxy) is 1. The smallest absolute Gasteiger partial charge is 0.194 e. The van der Waals surface area contributed by atoms with Gasteiger partial charge in [-0.15, -0.1) is 0 Å². The van der Waals surface area contributed by atoms with Gasteiger partial charge in [-0.1, -0.05) is 12.1 Å². The Bertz CT molecular complexity index is 591. The van der Waals surface area contributed by atoms with E-state index >= 15 is 0 Å². The quantitative estimate of drug-likeness (QED) is 0.775. The number of carbonyl (C=O) groups excluding carboxylic acids is 1. The van der Waals surface area contributed by atoms with Crippen molar-refractivity contribution in [1.29, 1.82) is 0 Å². The highest BCUT2D eigenvalue weighted by Gasteiger charge is 2.13. The summed E-state index contributed by atoms with van der Waals surface area (Å²) in [6.45, 7) is 3.85. The SMILES string of the molecule is COc1cc(C(=O)c2cnccc2C)ccc1C. The molecule has 1 heterocycles. The van der Waals surface area contributed by atoms with Crippen LogP contribution in [0.1, 0.15) is 27.0 Å². The average molecular weight is 241 g/mol. The minimum absolute atomic E-state index is 0.0288. The summed E-state index contributed by atoms with van der Waals surface area (Å²) in [5.74, 6) is 0.696. The number of pyridine rings is 1. The van der Waals surface area contributed by atoms with E-state index < -0.39 is 0 Å². The van der Waals surface area contributed by atoms with Gasteiger partial charge in [-0.2, -0.15) is 0 Å². The normalized spacial score (nSPS) is 10.2. The van der Waals surface area contributed by atoms with Crippen molar-refractivity contribution < 1.29 is 9.53 Å². The molecule has 3 nitrogen and oxygen atoms in total. The van der Waals surface area contributed by atoms with Gasteiger partial charge in [0.25, 0.3) is 0 Å². The first-order valence-corrected chi connectivity index (χ1v) is 5.73. The van der Waals surface area contributed by atoms with Gasteiger partial charge in [0.05, 0.1) is 7.11 Å². The van der Waals surface area contributed by atoms with Crippen LogP contribution in [0, 0.1) is 13.8 Å². The molecule has 0 saturated carbocycles. The molecule has 3 heteroatoms. The van der Waals surface area contributed by atoms with E-state index in [1.54, 1.807) is 25.6 Å². The molecule has 0 bridgehead atoms. The van der Waals surface area contributed by atoms with E-state index in [1.807, 2.05) is 32.0 Å². The summed E-state index contributed by atoms with van der Waals surface area (Å²) in [5.41, 5.74) is 3.18. The first-order valence-electron chi connectivity index (χ1n) is 5.73. The van der Waals surface area contributed by atoms with Gasteiger partial charge in [0.1, 0.15) is 5.75 Å². The minimum Gasteiger partial charge on any atom is -0.496 e. The Hall–Kier alpha value is -2.16. The number of carbonyl (C=O) groups is 1. The number of ketones is 1. The molecular formula is C15H15NO2. The highest BCUT2D eigenvalue weighted by atomic mass is 16.5. The Labute approximate surface area is 106 Å². The van der Waals surface area contributed by atoms with Crippen LogP contribution in [0.3, 0.4) is 0 Å². The van der Waals surface area contributed by atoms with Gasteiger partial charge >= 0.3 is 0 Å². The van der Waals surface area contributed by atoms with Crippen LogP contribution in [0.4, 0.5) is 0 Å². The second kappa shape index (κ2) is 5.00. The topological polar surface area (TPSA) is 39.2 Å². The molecule has 0 N–H and O–H groups in total. The van der Waals surface area contributed by atoms with Crippen LogP contribution < -0.4 is 4.74 Å². The molecule has 0 aliphatic heterocycles. The van der Waals surface area contributed by atoms with Gasteiger partial charge in [0, 0.05) is 23.5 Å². The highest BCUT2D eigenvalue weighted by molar-refractivity contribution is 6.09. The van der Waals surface area contributed by atoms with E-state index in [9.17, 15) is 4.79 Å². The van der Waals surface area contributed by atoms with Crippen molar-refractivity contribution in [3.05, 3.63) is 58.9 Å². The summed E-state index contributed by atoms with van der Waals surface area (Å²) in [6.07, 6.45) is 3.28. The van der Waals surface area contributed by atoms with Gasteiger partial charge in [0.2, 0.25) is 0 Å². The van der Waals surface area contributed by atoms with Crippen LogP contribution >= 0.6 is 0 Å². The molecule has 1 aromatic heterocycles. The molecule has 18 heavy (non-hydrogen) atoms. The number of aryl methyl sites for hydroxylation is 2. The number of rotatable bonds is 3. The van der Waals surface area contributed by atoms with Crippen molar-refractivity contribution >= 4 is 5.78 Å². The lowest BCUT2D eigenvalue weighted by molar-refractivity contribution is 0.103. The third-order valence-electron chi connectivity index (χ3n) is 2.95. The Kier molecular flexibility index (Phi) is 3.42.